The Morgan fingerprint density at radius 3 is 1.96 bits per heavy atom. The van der Waals surface area contributed by atoms with E-state index < -0.39 is 0 Å². The lowest BCUT2D eigenvalue weighted by Crippen LogP contribution is -2.25. The summed E-state index contributed by atoms with van der Waals surface area (Å²) in [5.41, 5.74) is 2.81. The van der Waals surface area contributed by atoms with E-state index in [1.54, 1.807) is 30.0 Å². The predicted octanol–water partition coefficient (Wildman–Crippen LogP) is 4.96. The van der Waals surface area contributed by atoms with Crippen LogP contribution in [0, 0.1) is 5.82 Å². The highest BCUT2D eigenvalue weighted by Gasteiger charge is 2.16. The third kappa shape index (κ3) is 4.96. The number of benzene rings is 3. The van der Waals surface area contributed by atoms with E-state index in [0.29, 0.717) is 11.3 Å². The third-order valence-electron chi connectivity index (χ3n) is 4.02. The summed E-state index contributed by atoms with van der Waals surface area (Å²) >= 11 is 1.57. The van der Waals surface area contributed by atoms with Gasteiger partial charge in [-0.3, -0.25) is 4.79 Å². The van der Waals surface area contributed by atoms with E-state index in [2.05, 4.69) is 29.6 Å². The standard InChI is InChI=1S/C22H20FNOS/c23-20-14-8-7-13-19(20)15-24-21(25)16-26-22(17-9-3-1-4-10-17)18-11-5-2-6-12-18/h1-14,22H,15-16H2,(H,24,25). The third-order valence-corrected chi connectivity index (χ3v) is 5.33. The predicted molar refractivity (Wildman–Crippen MR) is 105 cm³/mol. The molecule has 0 radical (unpaired) electrons. The highest BCUT2D eigenvalue weighted by Crippen LogP contribution is 2.35. The fourth-order valence-corrected chi connectivity index (χ4v) is 3.81. The Bertz CT molecular complexity index is 800. The molecule has 0 bridgehead atoms. The van der Waals surface area contributed by atoms with Gasteiger partial charge in [0.15, 0.2) is 0 Å². The van der Waals surface area contributed by atoms with Gasteiger partial charge in [-0.1, -0.05) is 78.9 Å². The molecule has 4 heteroatoms. The number of hydrogen-bond donors (Lipinski definition) is 1. The summed E-state index contributed by atoms with van der Waals surface area (Å²) in [6.45, 7) is 0.202. The summed E-state index contributed by atoms with van der Waals surface area (Å²) in [4.78, 5) is 12.2. The van der Waals surface area contributed by atoms with Crippen LogP contribution < -0.4 is 5.32 Å². The van der Waals surface area contributed by atoms with Gasteiger partial charge >= 0.3 is 0 Å². The Hall–Kier alpha value is -2.59. The zero-order valence-corrected chi connectivity index (χ0v) is 15.1. The maximum Gasteiger partial charge on any atom is 0.230 e. The first kappa shape index (κ1) is 18.2. The Labute approximate surface area is 157 Å². The first-order valence-corrected chi connectivity index (χ1v) is 9.50. The van der Waals surface area contributed by atoms with Gasteiger partial charge in [-0.05, 0) is 17.2 Å². The Morgan fingerprint density at radius 1 is 0.846 bits per heavy atom. The molecule has 0 aromatic heterocycles. The second-order valence-corrected chi connectivity index (χ2v) is 6.97. The van der Waals surface area contributed by atoms with Crippen LogP contribution in [0.25, 0.3) is 0 Å². The van der Waals surface area contributed by atoms with E-state index in [9.17, 15) is 9.18 Å². The van der Waals surface area contributed by atoms with Crippen molar-refractivity contribution in [1.82, 2.24) is 5.32 Å². The van der Waals surface area contributed by atoms with Crippen LogP contribution in [0.3, 0.4) is 0 Å². The van der Waals surface area contributed by atoms with Crippen molar-refractivity contribution in [2.75, 3.05) is 5.75 Å². The summed E-state index contributed by atoms with van der Waals surface area (Å²) in [6.07, 6.45) is 0. The first-order chi connectivity index (χ1) is 12.7. The summed E-state index contributed by atoms with van der Waals surface area (Å²) in [6, 6.07) is 26.8. The van der Waals surface area contributed by atoms with Crippen LogP contribution >= 0.6 is 11.8 Å². The quantitative estimate of drug-likeness (QED) is 0.641. The van der Waals surface area contributed by atoms with Crippen LogP contribution in [0.5, 0.6) is 0 Å². The fourth-order valence-electron chi connectivity index (χ4n) is 2.69. The van der Waals surface area contributed by atoms with E-state index in [4.69, 9.17) is 0 Å². The monoisotopic (exact) mass is 365 g/mol. The molecule has 3 rings (SSSR count). The summed E-state index contributed by atoms with van der Waals surface area (Å²) in [5.74, 6) is -0.0925. The fraction of sp³-hybridized carbons (Fsp3) is 0.136. The lowest BCUT2D eigenvalue weighted by molar-refractivity contribution is -0.118. The normalized spacial score (nSPS) is 10.7. The number of hydrogen-bond acceptors (Lipinski definition) is 2. The molecule has 0 spiro atoms. The molecule has 0 heterocycles. The highest BCUT2D eigenvalue weighted by atomic mass is 32.2. The molecule has 0 aliphatic carbocycles. The molecule has 1 amide bonds. The zero-order chi connectivity index (χ0) is 18.2. The van der Waals surface area contributed by atoms with Crippen molar-refractivity contribution in [3.8, 4) is 0 Å². The summed E-state index contributed by atoms with van der Waals surface area (Å²) in [5, 5.41) is 2.88. The number of amides is 1. The summed E-state index contributed by atoms with van der Waals surface area (Å²) in [7, 11) is 0. The van der Waals surface area contributed by atoms with E-state index >= 15 is 0 Å². The van der Waals surface area contributed by atoms with Crippen LogP contribution in [-0.2, 0) is 11.3 Å². The van der Waals surface area contributed by atoms with Crippen LogP contribution in [0.1, 0.15) is 21.9 Å². The van der Waals surface area contributed by atoms with Gasteiger partial charge in [-0.25, -0.2) is 4.39 Å². The second-order valence-electron chi connectivity index (χ2n) is 5.88. The minimum atomic E-state index is -0.299. The van der Waals surface area contributed by atoms with Crippen molar-refractivity contribution >= 4 is 17.7 Å². The second kappa shape index (κ2) is 9.20. The number of halogens is 1. The highest BCUT2D eigenvalue weighted by molar-refractivity contribution is 8.00. The maximum absolute atomic E-state index is 13.6. The van der Waals surface area contributed by atoms with Gasteiger partial charge in [0.05, 0.1) is 11.0 Å². The molecule has 0 fully saturated rings. The molecular weight excluding hydrogens is 345 g/mol. The average Bonchev–Trinajstić information content (AvgIpc) is 2.69. The van der Waals surface area contributed by atoms with E-state index in [-0.39, 0.29) is 23.5 Å². The number of thioether (sulfide) groups is 1. The molecule has 2 nitrogen and oxygen atoms in total. The number of carbonyl (C=O) groups is 1. The van der Waals surface area contributed by atoms with Crippen molar-refractivity contribution in [2.45, 2.75) is 11.8 Å². The van der Waals surface area contributed by atoms with Gasteiger partial charge in [-0.2, -0.15) is 0 Å². The van der Waals surface area contributed by atoms with Crippen LogP contribution in [-0.4, -0.2) is 11.7 Å². The Balaban J connectivity index is 1.63. The van der Waals surface area contributed by atoms with Crippen molar-refractivity contribution in [1.29, 1.82) is 0 Å². The smallest absolute Gasteiger partial charge is 0.230 e. The number of carbonyl (C=O) groups excluding carboxylic acids is 1. The maximum atomic E-state index is 13.6. The zero-order valence-electron chi connectivity index (χ0n) is 14.3. The van der Waals surface area contributed by atoms with Crippen molar-refractivity contribution < 1.29 is 9.18 Å². The molecular formula is C22H20FNOS. The SMILES string of the molecule is O=C(CSC(c1ccccc1)c1ccccc1)NCc1ccccc1F. The van der Waals surface area contributed by atoms with Gasteiger partial charge in [-0.15, -0.1) is 11.8 Å². The molecule has 0 aliphatic heterocycles. The van der Waals surface area contributed by atoms with E-state index in [1.165, 1.54) is 6.07 Å². The van der Waals surface area contributed by atoms with Gasteiger partial charge in [0.25, 0.3) is 0 Å². The molecule has 1 N–H and O–H groups in total. The Morgan fingerprint density at radius 2 is 1.38 bits per heavy atom. The van der Waals surface area contributed by atoms with E-state index in [0.717, 1.165) is 11.1 Å². The number of rotatable bonds is 7. The molecule has 132 valence electrons. The van der Waals surface area contributed by atoms with Gasteiger partial charge in [0.1, 0.15) is 5.82 Å². The molecule has 0 saturated heterocycles. The van der Waals surface area contributed by atoms with Gasteiger partial charge in [0, 0.05) is 12.1 Å². The lowest BCUT2D eigenvalue weighted by Gasteiger charge is -2.17. The summed E-state index contributed by atoms with van der Waals surface area (Å²) < 4.78 is 13.6. The largest absolute Gasteiger partial charge is 0.351 e. The minimum absolute atomic E-state index is 0.0802. The Kier molecular flexibility index (Phi) is 6.45. The number of nitrogens with one attached hydrogen (secondary N) is 1. The molecule has 3 aromatic rings. The first-order valence-electron chi connectivity index (χ1n) is 8.45. The molecule has 0 aliphatic rings. The van der Waals surface area contributed by atoms with Crippen LogP contribution in [0.15, 0.2) is 84.9 Å². The molecule has 0 saturated carbocycles. The molecule has 26 heavy (non-hydrogen) atoms. The average molecular weight is 365 g/mol. The van der Waals surface area contributed by atoms with Crippen molar-refractivity contribution in [3.05, 3.63) is 107 Å². The molecule has 0 unspecified atom stereocenters. The topological polar surface area (TPSA) is 29.1 Å². The van der Waals surface area contributed by atoms with Gasteiger partial charge in [0.2, 0.25) is 5.91 Å². The van der Waals surface area contributed by atoms with Crippen molar-refractivity contribution in [3.63, 3.8) is 0 Å². The van der Waals surface area contributed by atoms with Crippen molar-refractivity contribution in [2.24, 2.45) is 0 Å². The molecule has 3 aromatic carbocycles. The van der Waals surface area contributed by atoms with Crippen LogP contribution in [0.4, 0.5) is 4.39 Å². The van der Waals surface area contributed by atoms with Gasteiger partial charge < -0.3 is 5.32 Å². The lowest BCUT2D eigenvalue weighted by atomic mass is 10.0. The van der Waals surface area contributed by atoms with E-state index in [1.807, 2.05) is 36.4 Å². The molecule has 0 atom stereocenters. The van der Waals surface area contributed by atoms with Crippen LogP contribution in [0.2, 0.25) is 0 Å². The minimum Gasteiger partial charge on any atom is -0.351 e.